The highest BCUT2D eigenvalue weighted by atomic mass is 16.5. The third-order valence-corrected chi connectivity index (χ3v) is 21.2. The average molecular weight is 1320 g/mol. The fourth-order valence-corrected chi connectivity index (χ4v) is 16.2. The molecule has 0 unspecified atom stereocenters. The summed E-state index contributed by atoms with van der Waals surface area (Å²) in [6, 6.07) is 113. The molecule has 103 heavy (non-hydrogen) atoms. The van der Waals surface area contributed by atoms with Crippen molar-refractivity contribution in [2.45, 2.75) is 27.7 Å². The summed E-state index contributed by atoms with van der Waals surface area (Å²) < 4.78 is 39.3. The van der Waals surface area contributed by atoms with Crippen LogP contribution in [0.2, 0.25) is 0 Å². The van der Waals surface area contributed by atoms with Crippen LogP contribution in [0, 0.1) is 27.7 Å². The van der Waals surface area contributed by atoms with Gasteiger partial charge in [-0.15, -0.1) is 0 Å². The van der Waals surface area contributed by atoms with E-state index in [0.29, 0.717) is 0 Å². The predicted molar refractivity (Wildman–Crippen MR) is 424 cm³/mol. The predicted octanol–water partition coefficient (Wildman–Crippen LogP) is 18.5. The fraction of sp³-hybridized carbons (Fsp3) is 0.0426. The van der Waals surface area contributed by atoms with E-state index in [1.807, 2.05) is 24.3 Å². The van der Waals surface area contributed by atoms with Crippen molar-refractivity contribution in [3.63, 3.8) is 0 Å². The van der Waals surface area contributed by atoms with Gasteiger partial charge in [-0.2, -0.15) is 0 Å². The molecule has 6 nitrogen and oxygen atoms in total. The molecule has 0 radical (unpaired) electrons. The number of ether oxygens (including phenoxy) is 6. The summed E-state index contributed by atoms with van der Waals surface area (Å²) in [7, 11) is 0. The van der Waals surface area contributed by atoms with Gasteiger partial charge in [0.15, 0.2) is 0 Å². The molecule has 486 valence electrons. The van der Waals surface area contributed by atoms with Crippen molar-refractivity contribution in [3.05, 3.63) is 344 Å². The lowest BCUT2D eigenvalue weighted by atomic mass is 9.34. The van der Waals surface area contributed by atoms with E-state index in [4.69, 9.17) is 28.4 Å². The molecule has 0 aromatic heterocycles. The van der Waals surface area contributed by atoms with E-state index in [-0.39, 0.29) is 20.1 Å². The van der Waals surface area contributed by atoms with Crippen LogP contribution in [0.3, 0.4) is 0 Å². The summed E-state index contributed by atoms with van der Waals surface area (Å²) in [5.74, 6) is 10.7. The lowest BCUT2D eigenvalue weighted by Crippen LogP contribution is -2.57. The van der Waals surface area contributed by atoms with Gasteiger partial charge in [0.2, 0.25) is 0 Å². The minimum absolute atomic E-state index is 0.0439. The average Bonchev–Trinajstić information content (AvgIpc) is 0.730. The molecule has 0 aliphatic carbocycles. The number of hydrogen-bond acceptors (Lipinski definition) is 6. The highest BCUT2D eigenvalue weighted by Crippen LogP contribution is 2.46. The Kier molecular flexibility index (Phi) is 15.0. The van der Waals surface area contributed by atoms with Gasteiger partial charge in [0.1, 0.15) is 69.0 Å². The van der Waals surface area contributed by atoms with Gasteiger partial charge in [-0.1, -0.05) is 254 Å². The molecule has 21 rings (SSSR count). The van der Waals surface area contributed by atoms with Crippen molar-refractivity contribution in [1.29, 1.82) is 0 Å². The van der Waals surface area contributed by atoms with Crippen LogP contribution in [0.1, 0.15) is 22.3 Å². The molecule has 0 spiro atoms. The first-order chi connectivity index (χ1) is 50.7. The summed E-state index contributed by atoms with van der Waals surface area (Å²) in [5.41, 5.74) is 29.4. The van der Waals surface area contributed by atoms with Crippen molar-refractivity contribution < 1.29 is 28.4 Å². The molecule has 15 aromatic carbocycles. The topological polar surface area (TPSA) is 55.4 Å². The van der Waals surface area contributed by atoms with Gasteiger partial charge in [0.05, 0.1) is 0 Å². The maximum Gasteiger partial charge on any atom is 0.260 e. The minimum Gasteiger partial charge on any atom is -0.458 e. The smallest absolute Gasteiger partial charge is 0.260 e. The molecule has 6 aliphatic rings. The molecular formula is C94H65B3O6. The Bertz CT molecular complexity index is 5890. The van der Waals surface area contributed by atoms with Crippen LogP contribution in [0.25, 0.3) is 66.8 Å². The summed E-state index contributed by atoms with van der Waals surface area (Å²) in [5, 5.41) is 0. The van der Waals surface area contributed by atoms with Gasteiger partial charge >= 0.3 is 0 Å². The molecule has 15 aromatic rings. The van der Waals surface area contributed by atoms with E-state index in [9.17, 15) is 0 Å². The zero-order valence-corrected chi connectivity index (χ0v) is 57.3. The Morgan fingerprint density at radius 2 is 0.505 bits per heavy atom. The van der Waals surface area contributed by atoms with E-state index in [2.05, 4.69) is 325 Å². The van der Waals surface area contributed by atoms with Crippen LogP contribution in [0.5, 0.6) is 69.0 Å². The summed E-state index contributed by atoms with van der Waals surface area (Å²) in [6.07, 6.45) is 0. The molecule has 0 saturated carbocycles. The Morgan fingerprint density at radius 1 is 0.184 bits per heavy atom. The minimum atomic E-state index is 0.0439. The van der Waals surface area contributed by atoms with Crippen molar-refractivity contribution in [2.24, 2.45) is 0 Å². The van der Waals surface area contributed by atoms with Crippen LogP contribution in [0.4, 0.5) is 0 Å². The molecule has 9 heteroatoms. The zero-order chi connectivity index (χ0) is 68.8. The molecule has 0 N–H and O–H groups in total. The molecule has 0 atom stereocenters. The summed E-state index contributed by atoms with van der Waals surface area (Å²) in [6.45, 7) is 8.73. The third-order valence-electron chi connectivity index (χ3n) is 21.2. The van der Waals surface area contributed by atoms with E-state index >= 15 is 0 Å². The lowest BCUT2D eigenvalue weighted by Gasteiger charge is -2.34. The van der Waals surface area contributed by atoms with Crippen molar-refractivity contribution >= 4 is 69.3 Å². The first-order valence-corrected chi connectivity index (χ1v) is 35.4. The standard InChI is InChI=1S/C32H23BO2.2C31H21BO2/c1-20-8-7-10-22(18-20)23-14-16-29-27(19-23)33-26-12-5-6-13-28(26)34-30-17-15-25(32(35-29)31(30)33)24-11-4-3-9-21(24)2;1-20-9-5-6-12-23(20)22-15-17-28-26(19-22)32-25-13-7-8-14-27(25)33-29-18-16-24(31(34-28)30(29)32)21-10-3-2-4-11-21;1-20-9-5-6-12-23(20)24-16-18-29-30-31(24)34-28-17-15-22(21-10-3-2-4-11-21)19-26(28)32(30)25-13-7-8-14-27(25)33-29/h3-19H,1-2H3;2*2-19H,1H3. The number of para-hydroxylation sites is 3. The zero-order valence-electron chi connectivity index (χ0n) is 57.3. The van der Waals surface area contributed by atoms with Gasteiger partial charge in [0.25, 0.3) is 20.1 Å². The third kappa shape index (κ3) is 10.6. The maximum absolute atomic E-state index is 6.71. The van der Waals surface area contributed by atoms with Gasteiger partial charge in [-0.3, -0.25) is 0 Å². The molecule has 0 saturated heterocycles. The van der Waals surface area contributed by atoms with Crippen LogP contribution in [-0.4, -0.2) is 20.1 Å². The highest BCUT2D eigenvalue weighted by Gasteiger charge is 2.45. The second-order valence-corrected chi connectivity index (χ2v) is 27.4. The van der Waals surface area contributed by atoms with Crippen LogP contribution in [0.15, 0.2) is 322 Å². The Balaban J connectivity index is 0.000000107. The van der Waals surface area contributed by atoms with Crippen LogP contribution < -0.4 is 77.6 Å². The normalized spacial score (nSPS) is 12.7. The lowest BCUT2D eigenvalue weighted by molar-refractivity contribution is 0.465. The van der Waals surface area contributed by atoms with Crippen molar-refractivity contribution in [1.82, 2.24) is 0 Å². The monoisotopic (exact) mass is 1320 g/mol. The van der Waals surface area contributed by atoms with Gasteiger partial charge in [-0.25, -0.2) is 0 Å². The van der Waals surface area contributed by atoms with Gasteiger partial charge in [-0.05, 0) is 200 Å². The molecule has 0 bridgehead atoms. The van der Waals surface area contributed by atoms with Crippen LogP contribution in [-0.2, 0) is 0 Å². The molecule has 0 fully saturated rings. The van der Waals surface area contributed by atoms with E-state index in [1.165, 1.54) is 99.5 Å². The molecule has 6 heterocycles. The Morgan fingerprint density at radius 3 is 0.951 bits per heavy atom. The first-order valence-electron chi connectivity index (χ1n) is 35.4. The Labute approximate surface area is 601 Å². The number of fused-ring (bicyclic) bond motifs is 12. The SMILES string of the molecule is Cc1cccc(-c2ccc3c(c2)B2c4ccccc4Oc4ccc(-c5ccccc5C)c(c42)O3)c1.Cc1ccccc1-c1ccc2c(c1)B1c3ccccc3Oc3ccc(-c4ccccc4)c(c31)O2.Cc1ccccc1-c1ccc2c3c1Oc1ccc(-c4ccccc4)cc1B3c1ccccc1O2. The second-order valence-electron chi connectivity index (χ2n) is 27.4. The number of hydrogen-bond donors (Lipinski definition) is 0. The van der Waals surface area contributed by atoms with E-state index in [1.54, 1.807) is 0 Å². The maximum atomic E-state index is 6.71. The number of rotatable bonds is 6. The van der Waals surface area contributed by atoms with E-state index < -0.39 is 0 Å². The van der Waals surface area contributed by atoms with Gasteiger partial charge in [0, 0.05) is 33.1 Å². The molecule has 6 aliphatic heterocycles. The quantitative estimate of drug-likeness (QED) is 0.155. The van der Waals surface area contributed by atoms with Crippen molar-refractivity contribution in [3.8, 4) is 136 Å². The molecular weight excluding hydrogens is 1260 g/mol. The summed E-state index contributed by atoms with van der Waals surface area (Å²) >= 11 is 0. The second kappa shape index (κ2) is 25.2. The summed E-state index contributed by atoms with van der Waals surface area (Å²) in [4.78, 5) is 0. The first kappa shape index (κ1) is 61.4. The number of benzene rings is 15. The highest BCUT2D eigenvalue weighted by molar-refractivity contribution is 6.99. The van der Waals surface area contributed by atoms with E-state index in [0.717, 1.165) is 108 Å². The largest absolute Gasteiger partial charge is 0.458 e. The molecule has 0 amide bonds. The van der Waals surface area contributed by atoms with Crippen molar-refractivity contribution in [2.75, 3.05) is 0 Å². The fourth-order valence-electron chi connectivity index (χ4n) is 16.2. The number of aryl methyl sites for hydroxylation is 4. The Hall–Kier alpha value is -12.7. The van der Waals surface area contributed by atoms with Gasteiger partial charge < -0.3 is 28.4 Å². The van der Waals surface area contributed by atoms with Crippen LogP contribution >= 0.6 is 0 Å².